The molecule has 1 saturated carbocycles. The number of anilines is 1. The highest BCUT2D eigenvalue weighted by Gasteiger charge is 2.34. The van der Waals surface area contributed by atoms with E-state index in [1.807, 2.05) is 0 Å². The third-order valence-electron chi connectivity index (χ3n) is 3.78. The van der Waals surface area contributed by atoms with Gasteiger partial charge < -0.3 is 5.32 Å². The summed E-state index contributed by atoms with van der Waals surface area (Å²) >= 11 is 0. The molecule has 0 heterocycles. The standard InChI is InChI=1S/C13H20N2O2S/c1-13(2)9-3-4-12(13)15-10-5-7-11(8-6-10)18(14,16)17/h5-8,12,15H,3-4,9H2,1-2H3,(H2,14,16,17). The summed E-state index contributed by atoms with van der Waals surface area (Å²) in [6, 6.07) is 7.07. The maximum Gasteiger partial charge on any atom is 0.238 e. The van der Waals surface area contributed by atoms with E-state index in [4.69, 9.17) is 5.14 Å². The largest absolute Gasteiger partial charge is 0.382 e. The molecule has 3 N–H and O–H groups in total. The zero-order chi connectivity index (χ0) is 13.4. The molecule has 1 aromatic carbocycles. The van der Waals surface area contributed by atoms with E-state index in [1.54, 1.807) is 24.3 Å². The van der Waals surface area contributed by atoms with Crippen LogP contribution in [-0.4, -0.2) is 14.5 Å². The zero-order valence-electron chi connectivity index (χ0n) is 10.8. The summed E-state index contributed by atoms with van der Waals surface area (Å²) < 4.78 is 22.3. The Morgan fingerprint density at radius 2 is 1.89 bits per heavy atom. The molecule has 0 saturated heterocycles. The van der Waals surface area contributed by atoms with Crippen LogP contribution >= 0.6 is 0 Å². The predicted molar refractivity (Wildman–Crippen MR) is 72.9 cm³/mol. The second kappa shape index (κ2) is 4.55. The van der Waals surface area contributed by atoms with Gasteiger partial charge >= 0.3 is 0 Å². The minimum absolute atomic E-state index is 0.152. The second-order valence-electron chi connectivity index (χ2n) is 5.65. The van der Waals surface area contributed by atoms with Crippen LogP contribution < -0.4 is 10.5 Å². The SMILES string of the molecule is CC1(C)CCCC1Nc1ccc(S(N)(=O)=O)cc1. The molecule has 2 rings (SSSR count). The first-order valence-electron chi connectivity index (χ1n) is 6.18. The van der Waals surface area contributed by atoms with E-state index >= 15 is 0 Å². The van der Waals surface area contributed by atoms with Crippen LogP contribution in [0.25, 0.3) is 0 Å². The molecule has 4 nitrogen and oxygen atoms in total. The molecule has 1 aromatic rings. The third kappa shape index (κ3) is 2.84. The summed E-state index contributed by atoms with van der Waals surface area (Å²) in [6.45, 7) is 4.52. The molecular weight excluding hydrogens is 248 g/mol. The molecule has 100 valence electrons. The zero-order valence-corrected chi connectivity index (χ0v) is 11.6. The van der Waals surface area contributed by atoms with Crippen LogP contribution in [0.15, 0.2) is 29.2 Å². The third-order valence-corrected chi connectivity index (χ3v) is 4.71. The molecule has 0 spiro atoms. The van der Waals surface area contributed by atoms with Gasteiger partial charge in [0, 0.05) is 11.7 Å². The summed E-state index contributed by atoms with van der Waals surface area (Å²) in [5.41, 5.74) is 1.24. The van der Waals surface area contributed by atoms with Crippen molar-refractivity contribution >= 4 is 15.7 Å². The minimum Gasteiger partial charge on any atom is -0.382 e. The van der Waals surface area contributed by atoms with Gasteiger partial charge in [0.2, 0.25) is 10.0 Å². The summed E-state index contributed by atoms with van der Waals surface area (Å²) in [6.07, 6.45) is 3.61. The van der Waals surface area contributed by atoms with Crippen LogP contribution in [0.2, 0.25) is 0 Å². The number of primary sulfonamides is 1. The fourth-order valence-corrected chi connectivity index (χ4v) is 3.05. The Morgan fingerprint density at radius 3 is 2.33 bits per heavy atom. The van der Waals surface area contributed by atoms with Crippen molar-refractivity contribution < 1.29 is 8.42 Å². The van der Waals surface area contributed by atoms with Gasteiger partial charge in [-0.2, -0.15) is 0 Å². The molecule has 1 unspecified atom stereocenters. The van der Waals surface area contributed by atoms with Gasteiger partial charge in [-0.25, -0.2) is 13.6 Å². The Kier molecular flexibility index (Phi) is 3.38. The van der Waals surface area contributed by atoms with Crippen molar-refractivity contribution in [1.82, 2.24) is 0 Å². The van der Waals surface area contributed by atoms with Gasteiger partial charge in [0.15, 0.2) is 0 Å². The van der Waals surface area contributed by atoms with Crippen molar-refractivity contribution in [3.8, 4) is 0 Å². The minimum atomic E-state index is -3.60. The van der Waals surface area contributed by atoms with Gasteiger partial charge in [0.25, 0.3) is 0 Å². The molecular formula is C13H20N2O2S. The molecule has 0 bridgehead atoms. The fourth-order valence-electron chi connectivity index (χ4n) is 2.54. The Morgan fingerprint density at radius 1 is 1.28 bits per heavy atom. The van der Waals surface area contributed by atoms with Crippen molar-refractivity contribution in [2.45, 2.75) is 44.0 Å². The van der Waals surface area contributed by atoms with Gasteiger partial charge in [-0.3, -0.25) is 0 Å². The maximum absolute atomic E-state index is 11.1. The van der Waals surface area contributed by atoms with Crippen molar-refractivity contribution in [2.24, 2.45) is 10.6 Å². The Bertz CT molecular complexity index is 520. The number of hydrogen-bond donors (Lipinski definition) is 2. The number of hydrogen-bond acceptors (Lipinski definition) is 3. The van der Waals surface area contributed by atoms with Gasteiger partial charge in [-0.1, -0.05) is 20.3 Å². The summed E-state index contributed by atoms with van der Waals surface area (Å²) in [4.78, 5) is 0.152. The van der Waals surface area contributed by atoms with Crippen molar-refractivity contribution in [1.29, 1.82) is 0 Å². The highest BCUT2D eigenvalue weighted by atomic mass is 32.2. The molecule has 0 radical (unpaired) electrons. The van der Waals surface area contributed by atoms with E-state index < -0.39 is 10.0 Å². The highest BCUT2D eigenvalue weighted by Crippen LogP contribution is 2.38. The Labute approximate surface area is 109 Å². The topological polar surface area (TPSA) is 72.2 Å². The maximum atomic E-state index is 11.1. The molecule has 1 aliphatic rings. The molecule has 0 amide bonds. The molecule has 0 aliphatic heterocycles. The molecule has 1 aliphatic carbocycles. The molecule has 0 aromatic heterocycles. The van der Waals surface area contributed by atoms with E-state index in [9.17, 15) is 8.42 Å². The van der Waals surface area contributed by atoms with Gasteiger partial charge in [-0.15, -0.1) is 0 Å². The van der Waals surface area contributed by atoms with E-state index in [-0.39, 0.29) is 4.90 Å². The van der Waals surface area contributed by atoms with Crippen LogP contribution in [-0.2, 0) is 10.0 Å². The van der Waals surface area contributed by atoms with Crippen LogP contribution in [0.1, 0.15) is 33.1 Å². The van der Waals surface area contributed by atoms with E-state index in [2.05, 4.69) is 19.2 Å². The number of nitrogens with two attached hydrogens (primary N) is 1. The quantitative estimate of drug-likeness (QED) is 0.883. The fraction of sp³-hybridized carbons (Fsp3) is 0.538. The summed E-state index contributed by atoms with van der Waals surface area (Å²) in [7, 11) is -3.60. The normalized spacial score (nSPS) is 22.9. The van der Waals surface area contributed by atoms with Crippen molar-refractivity contribution in [3.63, 3.8) is 0 Å². The number of rotatable bonds is 3. The Balaban J connectivity index is 2.12. The first-order valence-corrected chi connectivity index (χ1v) is 7.73. The lowest BCUT2D eigenvalue weighted by atomic mass is 9.87. The van der Waals surface area contributed by atoms with Crippen LogP contribution in [0.4, 0.5) is 5.69 Å². The van der Waals surface area contributed by atoms with Crippen LogP contribution in [0, 0.1) is 5.41 Å². The van der Waals surface area contributed by atoms with Crippen molar-refractivity contribution in [3.05, 3.63) is 24.3 Å². The average molecular weight is 268 g/mol. The lowest BCUT2D eigenvalue weighted by Crippen LogP contribution is -2.30. The first-order chi connectivity index (χ1) is 8.29. The van der Waals surface area contributed by atoms with Gasteiger partial charge in [-0.05, 0) is 42.5 Å². The summed E-state index contributed by atoms with van der Waals surface area (Å²) in [5.74, 6) is 0. The van der Waals surface area contributed by atoms with Crippen LogP contribution in [0.3, 0.4) is 0 Å². The highest BCUT2D eigenvalue weighted by molar-refractivity contribution is 7.89. The van der Waals surface area contributed by atoms with Gasteiger partial charge in [0.05, 0.1) is 4.90 Å². The van der Waals surface area contributed by atoms with Crippen LogP contribution in [0.5, 0.6) is 0 Å². The second-order valence-corrected chi connectivity index (χ2v) is 7.21. The molecule has 1 atom stereocenters. The number of nitrogens with one attached hydrogen (secondary N) is 1. The smallest absolute Gasteiger partial charge is 0.238 e. The monoisotopic (exact) mass is 268 g/mol. The number of benzene rings is 1. The molecule has 18 heavy (non-hydrogen) atoms. The van der Waals surface area contributed by atoms with E-state index in [0.29, 0.717) is 11.5 Å². The lowest BCUT2D eigenvalue weighted by molar-refractivity contribution is 0.350. The van der Waals surface area contributed by atoms with E-state index in [0.717, 1.165) is 12.1 Å². The lowest BCUT2D eigenvalue weighted by Gasteiger charge is -2.28. The van der Waals surface area contributed by atoms with E-state index in [1.165, 1.54) is 12.8 Å². The van der Waals surface area contributed by atoms with Gasteiger partial charge in [0.1, 0.15) is 0 Å². The molecule has 5 heteroatoms. The summed E-state index contributed by atoms with van der Waals surface area (Å²) in [5, 5.41) is 8.54. The van der Waals surface area contributed by atoms with Crippen molar-refractivity contribution in [2.75, 3.05) is 5.32 Å². The molecule has 1 fully saturated rings. The Hall–Kier alpha value is -1.07. The predicted octanol–water partition coefficient (Wildman–Crippen LogP) is 2.32. The number of sulfonamides is 1. The first kappa shape index (κ1) is 13.4. The average Bonchev–Trinajstić information content (AvgIpc) is 2.58.